The first-order valence-corrected chi connectivity index (χ1v) is 5.72. The first kappa shape index (κ1) is 10.8. The molecular formula is C10H10N4OS. The lowest BCUT2D eigenvalue weighted by molar-refractivity contribution is 0.103. The molecule has 0 aromatic carbocycles. The summed E-state index contributed by atoms with van der Waals surface area (Å²) < 4.78 is 3.81. The number of ketones is 1. The summed E-state index contributed by atoms with van der Waals surface area (Å²) in [6, 6.07) is 0. The lowest BCUT2D eigenvalue weighted by Gasteiger charge is -1.97. The van der Waals surface area contributed by atoms with E-state index in [1.807, 2.05) is 6.92 Å². The van der Waals surface area contributed by atoms with Crippen molar-refractivity contribution in [3.63, 3.8) is 0 Å². The lowest BCUT2D eigenvalue weighted by Crippen LogP contribution is -2.05. The SMILES string of the molecule is CCCc1nnsc1C(=O)c1cnccn1. The molecule has 0 bridgehead atoms. The zero-order valence-electron chi connectivity index (χ0n) is 8.75. The maximum atomic E-state index is 12.0. The second kappa shape index (κ2) is 4.89. The van der Waals surface area contributed by atoms with Crippen molar-refractivity contribution in [3.05, 3.63) is 34.9 Å². The van der Waals surface area contributed by atoms with Gasteiger partial charge in [-0.1, -0.05) is 17.8 Å². The van der Waals surface area contributed by atoms with Crippen LogP contribution in [0.3, 0.4) is 0 Å². The summed E-state index contributed by atoms with van der Waals surface area (Å²) in [5, 5.41) is 3.95. The minimum Gasteiger partial charge on any atom is -0.286 e. The first-order valence-electron chi connectivity index (χ1n) is 4.95. The van der Waals surface area contributed by atoms with E-state index in [0.29, 0.717) is 10.6 Å². The van der Waals surface area contributed by atoms with Crippen LogP contribution in [0.4, 0.5) is 0 Å². The monoisotopic (exact) mass is 234 g/mol. The molecule has 6 heteroatoms. The molecule has 0 saturated carbocycles. The predicted octanol–water partition coefficient (Wildman–Crippen LogP) is 1.51. The maximum absolute atomic E-state index is 12.0. The van der Waals surface area contributed by atoms with Gasteiger partial charge in [-0.15, -0.1) is 5.10 Å². The standard InChI is InChI=1S/C10H10N4OS/c1-2-3-7-10(16-14-13-7)9(15)8-6-11-4-5-12-8/h4-6H,2-3H2,1H3. The van der Waals surface area contributed by atoms with E-state index < -0.39 is 0 Å². The smallest absolute Gasteiger partial charge is 0.226 e. The van der Waals surface area contributed by atoms with Gasteiger partial charge in [0, 0.05) is 12.4 Å². The van der Waals surface area contributed by atoms with E-state index in [1.165, 1.54) is 18.6 Å². The quantitative estimate of drug-likeness (QED) is 0.750. The van der Waals surface area contributed by atoms with Crippen LogP contribution < -0.4 is 0 Å². The highest BCUT2D eigenvalue weighted by Crippen LogP contribution is 2.16. The van der Waals surface area contributed by atoms with Gasteiger partial charge in [0.15, 0.2) is 0 Å². The molecule has 82 valence electrons. The van der Waals surface area contributed by atoms with Crippen LogP contribution in [0.1, 0.15) is 34.4 Å². The summed E-state index contributed by atoms with van der Waals surface area (Å²) in [4.78, 5) is 20.4. The average molecular weight is 234 g/mol. The van der Waals surface area contributed by atoms with Gasteiger partial charge in [-0.3, -0.25) is 9.78 Å². The summed E-state index contributed by atoms with van der Waals surface area (Å²) in [7, 11) is 0. The Hall–Kier alpha value is -1.69. The fourth-order valence-electron chi connectivity index (χ4n) is 1.31. The third kappa shape index (κ3) is 2.11. The number of nitrogens with zero attached hydrogens (tertiary/aromatic N) is 4. The molecular weight excluding hydrogens is 224 g/mol. The van der Waals surface area contributed by atoms with Crippen LogP contribution in [0, 0.1) is 0 Å². The molecule has 0 N–H and O–H groups in total. The molecule has 2 aromatic rings. The highest BCUT2D eigenvalue weighted by atomic mass is 32.1. The summed E-state index contributed by atoms with van der Waals surface area (Å²) in [5.41, 5.74) is 1.09. The number of rotatable bonds is 4. The van der Waals surface area contributed by atoms with Crippen molar-refractivity contribution in [1.82, 2.24) is 19.6 Å². The Kier molecular flexibility index (Phi) is 3.31. The molecule has 0 aliphatic rings. The van der Waals surface area contributed by atoms with Crippen molar-refractivity contribution in [2.45, 2.75) is 19.8 Å². The summed E-state index contributed by atoms with van der Waals surface area (Å²) >= 11 is 1.11. The first-order chi connectivity index (χ1) is 7.83. The van der Waals surface area contributed by atoms with E-state index in [9.17, 15) is 4.79 Å². The topological polar surface area (TPSA) is 68.6 Å². The van der Waals surface area contributed by atoms with Crippen molar-refractivity contribution in [1.29, 1.82) is 0 Å². The molecule has 2 rings (SSSR count). The van der Waals surface area contributed by atoms with E-state index in [2.05, 4.69) is 19.6 Å². The predicted molar refractivity (Wildman–Crippen MR) is 59.4 cm³/mol. The molecule has 2 heterocycles. The van der Waals surface area contributed by atoms with Gasteiger partial charge in [0.1, 0.15) is 10.6 Å². The normalized spacial score (nSPS) is 10.3. The van der Waals surface area contributed by atoms with Crippen molar-refractivity contribution in [3.8, 4) is 0 Å². The van der Waals surface area contributed by atoms with Crippen molar-refractivity contribution >= 4 is 17.3 Å². The molecule has 0 saturated heterocycles. The molecule has 0 fully saturated rings. The van der Waals surface area contributed by atoms with Crippen LogP contribution in [-0.2, 0) is 6.42 Å². The third-order valence-corrected chi connectivity index (χ3v) is 2.81. The highest BCUT2D eigenvalue weighted by Gasteiger charge is 2.18. The fraction of sp³-hybridized carbons (Fsp3) is 0.300. The van der Waals surface area contributed by atoms with Crippen molar-refractivity contribution < 1.29 is 4.79 Å². The molecule has 0 aliphatic heterocycles. The van der Waals surface area contributed by atoms with E-state index in [1.54, 1.807) is 0 Å². The highest BCUT2D eigenvalue weighted by molar-refractivity contribution is 7.08. The molecule has 0 unspecified atom stereocenters. The number of hydrogen-bond acceptors (Lipinski definition) is 6. The average Bonchev–Trinajstić information content (AvgIpc) is 2.78. The van der Waals surface area contributed by atoms with Gasteiger partial charge in [-0.25, -0.2) is 4.98 Å². The maximum Gasteiger partial charge on any atom is 0.226 e. The van der Waals surface area contributed by atoms with Crippen molar-refractivity contribution in [2.24, 2.45) is 0 Å². The van der Waals surface area contributed by atoms with Crippen LogP contribution in [0.25, 0.3) is 0 Å². The summed E-state index contributed by atoms with van der Waals surface area (Å²) in [6.45, 7) is 2.04. The van der Waals surface area contributed by atoms with E-state index in [4.69, 9.17) is 0 Å². The molecule has 16 heavy (non-hydrogen) atoms. The van der Waals surface area contributed by atoms with Gasteiger partial charge in [-0.2, -0.15) is 0 Å². The van der Waals surface area contributed by atoms with E-state index >= 15 is 0 Å². The van der Waals surface area contributed by atoms with Gasteiger partial charge in [0.05, 0.1) is 11.9 Å². The molecule has 0 amide bonds. The molecule has 0 atom stereocenters. The summed E-state index contributed by atoms with van der Waals surface area (Å²) in [6.07, 6.45) is 6.19. The van der Waals surface area contributed by atoms with Gasteiger partial charge < -0.3 is 0 Å². The van der Waals surface area contributed by atoms with Crippen LogP contribution in [-0.4, -0.2) is 25.3 Å². The number of aromatic nitrogens is 4. The zero-order valence-corrected chi connectivity index (χ0v) is 9.57. The Morgan fingerprint density at radius 1 is 1.44 bits per heavy atom. The van der Waals surface area contributed by atoms with Gasteiger partial charge in [0.25, 0.3) is 0 Å². The number of aryl methyl sites for hydroxylation is 1. The minimum absolute atomic E-state index is 0.147. The molecule has 5 nitrogen and oxygen atoms in total. The molecule has 0 aliphatic carbocycles. The fourth-order valence-corrected chi connectivity index (χ4v) is 1.97. The summed E-state index contributed by atoms with van der Waals surface area (Å²) in [5.74, 6) is -0.147. The largest absolute Gasteiger partial charge is 0.286 e. The number of hydrogen-bond donors (Lipinski definition) is 0. The number of carbonyl (C=O) groups is 1. The Labute approximate surface area is 96.7 Å². The molecule has 2 aromatic heterocycles. The lowest BCUT2D eigenvalue weighted by atomic mass is 10.1. The second-order valence-corrected chi connectivity index (χ2v) is 3.97. The van der Waals surface area contributed by atoms with Gasteiger partial charge >= 0.3 is 0 Å². The minimum atomic E-state index is -0.147. The molecule has 0 radical (unpaired) electrons. The van der Waals surface area contributed by atoms with E-state index in [-0.39, 0.29) is 5.78 Å². The van der Waals surface area contributed by atoms with Gasteiger partial charge in [0.2, 0.25) is 5.78 Å². The molecule has 0 spiro atoms. The number of carbonyl (C=O) groups excluding carboxylic acids is 1. The van der Waals surface area contributed by atoms with Crippen LogP contribution in [0.5, 0.6) is 0 Å². The third-order valence-electron chi connectivity index (χ3n) is 2.04. The van der Waals surface area contributed by atoms with Crippen LogP contribution in [0.15, 0.2) is 18.6 Å². The van der Waals surface area contributed by atoms with Crippen molar-refractivity contribution in [2.75, 3.05) is 0 Å². The van der Waals surface area contributed by atoms with E-state index in [0.717, 1.165) is 30.1 Å². The van der Waals surface area contributed by atoms with Crippen LogP contribution in [0.2, 0.25) is 0 Å². The van der Waals surface area contributed by atoms with Crippen LogP contribution >= 0.6 is 11.5 Å². The second-order valence-electron chi connectivity index (χ2n) is 3.22. The Bertz CT molecular complexity index is 483. The Morgan fingerprint density at radius 2 is 2.31 bits per heavy atom. The van der Waals surface area contributed by atoms with Gasteiger partial charge in [-0.05, 0) is 18.0 Å². The zero-order chi connectivity index (χ0) is 11.4. The Morgan fingerprint density at radius 3 is 3.00 bits per heavy atom. The Balaban J connectivity index is 2.31.